The molecule has 18 heavy (non-hydrogen) atoms. The molecule has 0 atom stereocenters. The number of nitrogens with zero attached hydrogens (tertiary/aromatic N) is 3. The summed E-state index contributed by atoms with van der Waals surface area (Å²) in [6.45, 7) is 3.44. The monoisotopic (exact) mass is 245 g/mol. The first-order valence-corrected chi connectivity index (χ1v) is 5.66. The molecule has 1 aromatic carbocycles. The lowest BCUT2D eigenvalue weighted by Gasteiger charge is -2.19. The van der Waals surface area contributed by atoms with Gasteiger partial charge in [-0.3, -0.25) is 4.79 Å². The number of hydrogen-bond acceptors (Lipinski definition) is 3. The molecule has 0 bridgehead atoms. The molecule has 1 aromatic heterocycles. The van der Waals surface area contributed by atoms with Crippen LogP contribution in [0, 0.1) is 5.41 Å². The van der Waals surface area contributed by atoms with Crippen molar-refractivity contribution in [2.45, 2.75) is 20.3 Å². The fourth-order valence-electron chi connectivity index (χ4n) is 1.74. The van der Waals surface area contributed by atoms with Crippen molar-refractivity contribution in [1.82, 2.24) is 14.8 Å². The molecule has 1 heterocycles. The van der Waals surface area contributed by atoms with E-state index in [1.54, 1.807) is 24.9 Å². The number of hydrogen-bond donors (Lipinski definition) is 1. The van der Waals surface area contributed by atoms with E-state index in [0.29, 0.717) is 6.42 Å². The molecule has 0 aliphatic heterocycles. The molecule has 1 N–H and O–H groups in total. The van der Waals surface area contributed by atoms with Gasteiger partial charge in [0.1, 0.15) is 12.7 Å². The van der Waals surface area contributed by atoms with Gasteiger partial charge in [0.2, 0.25) is 0 Å². The largest absolute Gasteiger partial charge is 0.481 e. The smallest absolute Gasteiger partial charge is 0.309 e. The second kappa shape index (κ2) is 4.60. The van der Waals surface area contributed by atoms with Crippen LogP contribution in [0.3, 0.4) is 0 Å². The Morgan fingerprint density at radius 2 is 2.22 bits per heavy atom. The van der Waals surface area contributed by atoms with Crippen molar-refractivity contribution in [2.75, 3.05) is 0 Å². The van der Waals surface area contributed by atoms with Crippen molar-refractivity contribution in [2.24, 2.45) is 5.41 Å². The molecule has 0 spiro atoms. The molecular formula is C13H15N3O2. The summed E-state index contributed by atoms with van der Waals surface area (Å²) < 4.78 is 1.65. The Morgan fingerprint density at radius 1 is 1.44 bits per heavy atom. The molecule has 0 fully saturated rings. The second-order valence-corrected chi connectivity index (χ2v) is 4.88. The SMILES string of the molecule is CC(C)(Cc1cccc(-n2cncn2)c1)C(=O)O. The molecule has 0 saturated heterocycles. The number of aliphatic carboxylic acids is 1. The summed E-state index contributed by atoms with van der Waals surface area (Å²) in [6, 6.07) is 7.65. The number of benzene rings is 1. The Kier molecular flexibility index (Phi) is 3.14. The molecule has 2 rings (SSSR count). The normalized spacial score (nSPS) is 11.4. The molecule has 0 aliphatic rings. The molecule has 0 unspecified atom stereocenters. The van der Waals surface area contributed by atoms with E-state index in [2.05, 4.69) is 10.1 Å². The van der Waals surface area contributed by atoms with Crippen LogP contribution in [0.4, 0.5) is 0 Å². The van der Waals surface area contributed by atoms with E-state index in [4.69, 9.17) is 5.11 Å². The Bertz CT molecular complexity index is 547. The highest BCUT2D eigenvalue weighted by molar-refractivity contribution is 5.74. The van der Waals surface area contributed by atoms with Crippen molar-refractivity contribution < 1.29 is 9.90 Å². The van der Waals surface area contributed by atoms with E-state index in [-0.39, 0.29) is 0 Å². The van der Waals surface area contributed by atoms with Crippen LogP contribution in [0.1, 0.15) is 19.4 Å². The number of carboxylic acids is 1. The van der Waals surface area contributed by atoms with Gasteiger partial charge in [0.05, 0.1) is 11.1 Å². The van der Waals surface area contributed by atoms with E-state index in [9.17, 15) is 4.79 Å². The first-order chi connectivity index (χ1) is 8.49. The molecule has 0 saturated carbocycles. The van der Waals surface area contributed by atoms with Gasteiger partial charge in [0, 0.05) is 0 Å². The van der Waals surface area contributed by atoms with E-state index in [0.717, 1.165) is 11.3 Å². The first kappa shape index (κ1) is 12.3. The summed E-state index contributed by atoms with van der Waals surface area (Å²) in [5.74, 6) is -0.798. The number of carboxylic acid groups (broad SMARTS) is 1. The van der Waals surface area contributed by atoms with Gasteiger partial charge in [-0.1, -0.05) is 12.1 Å². The van der Waals surface area contributed by atoms with E-state index >= 15 is 0 Å². The Labute approximate surface area is 105 Å². The van der Waals surface area contributed by atoms with E-state index in [1.807, 2.05) is 24.3 Å². The van der Waals surface area contributed by atoms with Gasteiger partial charge in [-0.15, -0.1) is 0 Å². The highest BCUT2D eigenvalue weighted by Crippen LogP contribution is 2.23. The van der Waals surface area contributed by atoms with Gasteiger partial charge < -0.3 is 5.11 Å². The summed E-state index contributed by atoms with van der Waals surface area (Å²) in [7, 11) is 0. The Balaban J connectivity index is 2.26. The number of rotatable bonds is 4. The zero-order valence-electron chi connectivity index (χ0n) is 10.4. The maximum atomic E-state index is 11.1. The van der Waals surface area contributed by atoms with Crippen molar-refractivity contribution >= 4 is 5.97 Å². The van der Waals surface area contributed by atoms with Crippen LogP contribution in [0.2, 0.25) is 0 Å². The van der Waals surface area contributed by atoms with Gasteiger partial charge in [-0.05, 0) is 38.0 Å². The van der Waals surface area contributed by atoms with Crippen LogP contribution in [-0.4, -0.2) is 25.8 Å². The minimum Gasteiger partial charge on any atom is -0.481 e. The zero-order valence-corrected chi connectivity index (χ0v) is 10.4. The predicted octanol–water partition coefficient (Wildman–Crippen LogP) is 1.92. The van der Waals surface area contributed by atoms with Gasteiger partial charge in [0.15, 0.2) is 0 Å². The fraction of sp³-hybridized carbons (Fsp3) is 0.308. The predicted molar refractivity (Wildman–Crippen MR) is 66.5 cm³/mol. The molecule has 0 radical (unpaired) electrons. The molecule has 94 valence electrons. The summed E-state index contributed by atoms with van der Waals surface area (Å²) in [4.78, 5) is 15.0. The third-order valence-corrected chi connectivity index (χ3v) is 2.82. The average Bonchev–Trinajstić information content (AvgIpc) is 2.82. The van der Waals surface area contributed by atoms with Crippen LogP contribution < -0.4 is 0 Å². The first-order valence-electron chi connectivity index (χ1n) is 5.66. The molecule has 5 heteroatoms. The summed E-state index contributed by atoms with van der Waals surface area (Å²) in [5, 5.41) is 13.2. The van der Waals surface area contributed by atoms with Crippen LogP contribution >= 0.6 is 0 Å². The minimum atomic E-state index is -0.798. The van der Waals surface area contributed by atoms with Crippen molar-refractivity contribution in [3.63, 3.8) is 0 Å². The second-order valence-electron chi connectivity index (χ2n) is 4.88. The summed E-state index contributed by atoms with van der Waals surface area (Å²) in [5.41, 5.74) is 1.07. The van der Waals surface area contributed by atoms with Crippen LogP contribution in [0.5, 0.6) is 0 Å². The van der Waals surface area contributed by atoms with E-state index < -0.39 is 11.4 Å². The number of aromatic nitrogens is 3. The number of carbonyl (C=O) groups is 1. The quantitative estimate of drug-likeness (QED) is 0.893. The third kappa shape index (κ3) is 2.56. The van der Waals surface area contributed by atoms with Crippen LogP contribution in [0.25, 0.3) is 5.69 Å². The van der Waals surface area contributed by atoms with Gasteiger partial charge >= 0.3 is 5.97 Å². The average molecular weight is 245 g/mol. The lowest BCUT2D eigenvalue weighted by Crippen LogP contribution is -2.26. The Hall–Kier alpha value is -2.17. The van der Waals surface area contributed by atoms with Gasteiger partial charge in [0.25, 0.3) is 0 Å². The molecular weight excluding hydrogens is 230 g/mol. The topological polar surface area (TPSA) is 68.0 Å². The molecule has 0 aliphatic carbocycles. The summed E-state index contributed by atoms with van der Waals surface area (Å²) >= 11 is 0. The standard InChI is InChI=1S/C13H15N3O2/c1-13(2,12(17)18)7-10-4-3-5-11(6-10)16-9-14-8-15-16/h3-6,8-9H,7H2,1-2H3,(H,17,18). The summed E-state index contributed by atoms with van der Waals surface area (Å²) in [6.07, 6.45) is 3.56. The third-order valence-electron chi connectivity index (χ3n) is 2.82. The van der Waals surface area contributed by atoms with Crippen molar-refractivity contribution in [3.8, 4) is 5.69 Å². The van der Waals surface area contributed by atoms with Crippen molar-refractivity contribution in [3.05, 3.63) is 42.5 Å². The fourth-order valence-corrected chi connectivity index (χ4v) is 1.74. The zero-order chi connectivity index (χ0) is 13.2. The maximum absolute atomic E-state index is 11.1. The lowest BCUT2D eigenvalue weighted by molar-refractivity contribution is -0.146. The molecule has 5 nitrogen and oxygen atoms in total. The highest BCUT2D eigenvalue weighted by atomic mass is 16.4. The lowest BCUT2D eigenvalue weighted by atomic mass is 9.86. The maximum Gasteiger partial charge on any atom is 0.309 e. The molecule has 2 aromatic rings. The highest BCUT2D eigenvalue weighted by Gasteiger charge is 2.27. The van der Waals surface area contributed by atoms with E-state index in [1.165, 1.54) is 6.33 Å². The Morgan fingerprint density at radius 3 is 2.83 bits per heavy atom. The van der Waals surface area contributed by atoms with Crippen molar-refractivity contribution in [1.29, 1.82) is 0 Å². The molecule has 0 amide bonds. The minimum absolute atomic E-state index is 0.477. The van der Waals surface area contributed by atoms with Crippen LogP contribution in [-0.2, 0) is 11.2 Å². The van der Waals surface area contributed by atoms with Gasteiger partial charge in [-0.25, -0.2) is 9.67 Å². The van der Waals surface area contributed by atoms with Crippen LogP contribution in [0.15, 0.2) is 36.9 Å². The van der Waals surface area contributed by atoms with Gasteiger partial charge in [-0.2, -0.15) is 5.10 Å².